The highest BCUT2D eigenvalue weighted by Crippen LogP contribution is 2.26. The molecular weight excluding hydrogens is 538 g/mol. The molecule has 2 amide bonds. The Morgan fingerprint density at radius 1 is 0.952 bits per heavy atom. The molecule has 0 spiro atoms. The van der Waals surface area contributed by atoms with Crippen LogP contribution in [-0.2, 0) is 11.2 Å². The van der Waals surface area contributed by atoms with Crippen molar-refractivity contribution in [1.29, 1.82) is 0 Å². The first kappa shape index (κ1) is 33.7. The Balaban J connectivity index is 1.71. The van der Waals surface area contributed by atoms with Gasteiger partial charge in [-0.1, -0.05) is 46.0 Å². The Morgan fingerprint density at radius 3 is 2.24 bits per heavy atom. The van der Waals surface area contributed by atoms with Crippen LogP contribution in [0.4, 0.5) is 8.78 Å². The van der Waals surface area contributed by atoms with Gasteiger partial charge < -0.3 is 20.1 Å². The Kier molecular flexibility index (Phi) is 13.9. The van der Waals surface area contributed by atoms with Gasteiger partial charge in [-0.2, -0.15) is 0 Å². The molecule has 2 aromatic rings. The van der Waals surface area contributed by atoms with Gasteiger partial charge in [0.25, 0.3) is 11.8 Å². The second-order valence-electron chi connectivity index (χ2n) is 11.7. The lowest BCUT2D eigenvalue weighted by Crippen LogP contribution is -2.45. The molecule has 42 heavy (non-hydrogen) atoms. The van der Waals surface area contributed by atoms with Crippen LogP contribution in [0.2, 0.25) is 0 Å². The van der Waals surface area contributed by atoms with E-state index in [0.29, 0.717) is 43.3 Å². The van der Waals surface area contributed by atoms with E-state index in [0.717, 1.165) is 30.9 Å². The van der Waals surface area contributed by atoms with Gasteiger partial charge in [-0.25, -0.2) is 8.78 Å². The summed E-state index contributed by atoms with van der Waals surface area (Å²) in [6.45, 7) is 8.05. The van der Waals surface area contributed by atoms with Gasteiger partial charge in [0, 0.05) is 43.5 Å². The van der Waals surface area contributed by atoms with Gasteiger partial charge in [0.05, 0.1) is 12.1 Å². The van der Waals surface area contributed by atoms with Crippen molar-refractivity contribution >= 4 is 11.8 Å². The number of benzene rings is 2. The number of ether oxygens (including phenoxy) is 1. The topological polar surface area (TPSA) is 78.9 Å². The summed E-state index contributed by atoms with van der Waals surface area (Å²) < 4.78 is 33.7. The smallest absolute Gasteiger partial charge is 0.253 e. The monoisotopic (exact) mass is 586 g/mol. The van der Waals surface area contributed by atoms with Crippen LogP contribution in [0.5, 0.6) is 0 Å². The van der Waals surface area contributed by atoms with Crippen LogP contribution in [0, 0.1) is 24.5 Å². The van der Waals surface area contributed by atoms with Crippen molar-refractivity contribution in [3.8, 4) is 0 Å². The minimum Gasteiger partial charge on any atom is -0.391 e. The summed E-state index contributed by atoms with van der Waals surface area (Å²) in [6.07, 6.45) is 8.28. The molecule has 0 aromatic heterocycles. The van der Waals surface area contributed by atoms with Crippen molar-refractivity contribution in [2.45, 2.75) is 97.1 Å². The highest BCUT2D eigenvalue weighted by atomic mass is 19.1. The first-order valence-electron chi connectivity index (χ1n) is 15.6. The SMILES string of the molecule is CCCN(CCC)C(=O)c1cc(C)cc(C(=O)N[C@@H](Cc2cc(F)cc(F)c2)[C@@H](O)CCOCCC2CCCCC2)c1. The van der Waals surface area contributed by atoms with Crippen molar-refractivity contribution in [1.82, 2.24) is 10.2 Å². The number of hydrogen-bond donors (Lipinski definition) is 2. The fraction of sp³-hybridized carbons (Fsp3) is 0.588. The normalized spacial score (nSPS) is 15.3. The zero-order chi connectivity index (χ0) is 30.5. The first-order valence-corrected chi connectivity index (χ1v) is 15.6. The second-order valence-corrected chi connectivity index (χ2v) is 11.7. The summed E-state index contributed by atoms with van der Waals surface area (Å²) in [5.74, 6) is -1.35. The Hall–Kier alpha value is -2.84. The summed E-state index contributed by atoms with van der Waals surface area (Å²) in [5.41, 5.74) is 1.80. The van der Waals surface area contributed by atoms with Gasteiger partial charge >= 0.3 is 0 Å². The fourth-order valence-electron chi connectivity index (χ4n) is 5.83. The molecule has 1 fully saturated rings. The van der Waals surface area contributed by atoms with Crippen molar-refractivity contribution in [3.63, 3.8) is 0 Å². The molecule has 1 saturated carbocycles. The van der Waals surface area contributed by atoms with E-state index >= 15 is 0 Å². The number of carbonyl (C=O) groups is 2. The van der Waals surface area contributed by atoms with Gasteiger partial charge in [0.1, 0.15) is 11.6 Å². The molecule has 1 aliphatic rings. The van der Waals surface area contributed by atoms with Crippen LogP contribution in [0.25, 0.3) is 0 Å². The van der Waals surface area contributed by atoms with E-state index in [1.54, 1.807) is 23.1 Å². The molecule has 232 valence electrons. The molecule has 0 radical (unpaired) electrons. The van der Waals surface area contributed by atoms with E-state index in [1.165, 1.54) is 44.2 Å². The number of rotatable bonds is 16. The van der Waals surface area contributed by atoms with E-state index in [1.807, 2.05) is 20.8 Å². The summed E-state index contributed by atoms with van der Waals surface area (Å²) in [4.78, 5) is 28.5. The standard InChI is InChI=1S/C34H48F2N2O4/c1-4-13-38(14-5-2)34(41)28-18-24(3)17-27(22-28)33(40)37-31(21-26-19-29(35)23-30(36)20-26)32(39)12-16-42-15-11-25-9-7-6-8-10-25/h17-20,22-23,25,31-32,39H,4-16,21H2,1-3H3,(H,37,40)/t31-,32-/m0/s1. The lowest BCUT2D eigenvalue weighted by Gasteiger charge is -2.25. The van der Waals surface area contributed by atoms with Crippen LogP contribution in [-0.4, -0.2) is 60.3 Å². The van der Waals surface area contributed by atoms with E-state index in [9.17, 15) is 23.5 Å². The third-order valence-corrected chi connectivity index (χ3v) is 7.97. The van der Waals surface area contributed by atoms with Crippen LogP contribution in [0.3, 0.4) is 0 Å². The third kappa shape index (κ3) is 10.8. The molecule has 2 aromatic carbocycles. The van der Waals surface area contributed by atoms with Gasteiger partial charge in [0.2, 0.25) is 0 Å². The predicted octanol–water partition coefficient (Wildman–Crippen LogP) is 6.61. The Bertz CT molecular complexity index is 1130. The van der Waals surface area contributed by atoms with Crippen molar-refractivity contribution < 1.29 is 28.2 Å². The molecule has 2 atom stereocenters. The van der Waals surface area contributed by atoms with Gasteiger partial charge in [-0.15, -0.1) is 0 Å². The molecule has 8 heteroatoms. The van der Waals surface area contributed by atoms with Crippen LogP contribution in [0.15, 0.2) is 36.4 Å². The molecule has 0 aliphatic heterocycles. The average Bonchev–Trinajstić information content (AvgIpc) is 2.95. The van der Waals surface area contributed by atoms with Crippen molar-refractivity contribution in [3.05, 3.63) is 70.3 Å². The zero-order valence-electron chi connectivity index (χ0n) is 25.5. The summed E-state index contributed by atoms with van der Waals surface area (Å²) >= 11 is 0. The Labute approximate surface area is 249 Å². The predicted molar refractivity (Wildman–Crippen MR) is 162 cm³/mol. The minimum atomic E-state index is -1.01. The second kappa shape index (κ2) is 17.3. The zero-order valence-corrected chi connectivity index (χ0v) is 25.5. The first-order chi connectivity index (χ1) is 20.2. The van der Waals surface area contributed by atoms with Gasteiger partial charge in [-0.3, -0.25) is 9.59 Å². The lowest BCUT2D eigenvalue weighted by atomic mass is 9.87. The average molecular weight is 587 g/mol. The van der Waals surface area contributed by atoms with E-state index in [2.05, 4.69) is 5.32 Å². The minimum absolute atomic E-state index is 0.0298. The maximum atomic E-state index is 13.9. The number of halogens is 2. The highest BCUT2D eigenvalue weighted by Gasteiger charge is 2.24. The maximum absolute atomic E-state index is 13.9. The number of carbonyl (C=O) groups excluding carboxylic acids is 2. The van der Waals surface area contributed by atoms with E-state index in [4.69, 9.17) is 4.74 Å². The van der Waals surface area contributed by atoms with Gasteiger partial charge in [-0.05, 0) is 86.4 Å². The molecule has 0 unspecified atom stereocenters. The molecule has 3 rings (SSSR count). The van der Waals surface area contributed by atoms with E-state index < -0.39 is 29.7 Å². The lowest BCUT2D eigenvalue weighted by molar-refractivity contribution is 0.0522. The number of aliphatic hydroxyl groups is 1. The highest BCUT2D eigenvalue weighted by molar-refractivity contribution is 6.00. The number of nitrogens with zero attached hydrogens (tertiary/aromatic N) is 1. The third-order valence-electron chi connectivity index (χ3n) is 7.97. The van der Waals surface area contributed by atoms with Crippen molar-refractivity contribution in [2.75, 3.05) is 26.3 Å². The molecule has 1 aliphatic carbocycles. The summed E-state index contributed by atoms with van der Waals surface area (Å²) in [6, 6.07) is 7.41. The molecular formula is C34H48F2N2O4. The largest absolute Gasteiger partial charge is 0.391 e. The molecule has 6 nitrogen and oxygen atoms in total. The number of aryl methyl sites for hydroxylation is 1. The summed E-state index contributed by atoms with van der Waals surface area (Å²) in [7, 11) is 0. The van der Waals surface area contributed by atoms with Crippen molar-refractivity contribution in [2.24, 2.45) is 5.92 Å². The van der Waals surface area contributed by atoms with E-state index in [-0.39, 0.29) is 24.3 Å². The fourth-order valence-corrected chi connectivity index (χ4v) is 5.83. The number of nitrogens with one attached hydrogen (secondary N) is 1. The summed E-state index contributed by atoms with van der Waals surface area (Å²) in [5, 5.41) is 14.0. The number of hydrogen-bond acceptors (Lipinski definition) is 4. The van der Waals surface area contributed by atoms with Crippen LogP contribution < -0.4 is 5.32 Å². The molecule has 0 heterocycles. The maximum Gasteiger partial charge on any atom is 0.253 e. The molecule has 2 N–H and O–H groups in total. The van der Waals surface area contributed by atoms with Crippen LogP contribution in [0.1, 0.15) is 103 Å². The van der Waals surface area contributed by atoms with Gasteiger partial charge in [0.15, 0.2) is 0 Å². The Morgan fingerprint density at radius 2 is 1.60 bits per heavy atom. The molecule has 0 bridgehead atoms. The number of aliphatic hydroxyl groups excluding tert-OH is 1. The quantitative estimate of drug-likeness (QED) is 0.217. The number of amides is 2. The van der Waals surface area contributed by atoms with Crippen LogP contribution >= 0.6 is 0 Å². The molecule has 0 saturated heterocycles.